The van der Waals surface area contributed by atoms with E-state index in [-0.39, 0.29) is 28.4 Å². The molecule has 1 unspecified atom stereocenters. The Morgan fingerprint density at radius 1 is 1.15 bits per heavy atom. The lowest BCUT2D eigenvalue weighted by molar-refractivity contribution is -0.118. The molecular weight excluding hydrogens is 256 g/mol. The standard InChI is InChI=1S/C15H18N2O3/c1-4-9-14-10(7-15(2,3)8-11(14)18)17-13(20)6-5-12(19)16(9)17/h5-6,9H,4,7-8H2,1-3H3. The van der Waals surface area contributed by atoms with Gasteiger partial charge in [-0.05, 0) is 18.3 Å². The summed E-state index contributed by atoms with van der Waals surface area (Å²) in [6.45, 7) is 5.97. The Morgan fingerprint density at radius 3 is 2.45 bits per heavy atom. The van der Waals surface area contributed by atoms with Crippen molar-refractivity contribution >= 4 is 11.5 Å². The molecule has 0 radical (unpaired) electrons. The molecule has 3 rings (SSSR count). The summed E-state index contributed by atoms with van der Waals surface area (Å²) < 4.78 is 2.87. The predicted octanol–water partition coefficient (Wildman–Crippen LogP) is 1.57. The highest BCUT2D eigenvalue weighted by atomic mass is 16.2. The van der Waals surface area contributed by atoms with Crippen LogP contribution in [0.25, 0.3) is 5.70 Å². The van der Waals surface area contributed by atoms with Crippen molar-refractivity contribution in [2.24, 2.45) is 5.41 Å². The minimum absolute atomic E-state index is 0.0677. The molecule has 1 aromatic heterocycles. The van der Waals surface area contributed by atoms with Crippen molar-refractivity contribution in [3.8, 4) is 0 Å². The van der Waals surface area contributed by atoms with E-state index in [0.29, 0.717) is 24.8 Å². The van der Waals surface area contributed by atoms with E-state index in [1.165, 1.54) is 21.5 Å². The van der Waals surface area contributed by atoms with Crippen LogP contribution in [-0.4, -0.2) is 15.1 Å². The van der Waals surface area contributed by atoms with E-state index in [0.717, 1.165) is 5.70 Å². The first kappa shape index (κ1) is 13.1. The molecule has 5 heteroatoms. The van der Waals surface area contributed by atoms with Gasteiger partial charge >= 0.3 is 0 Å². The van der Waals surface area contributed by atoms with E-state index in [1.54, 1.807) is 0 Å². The fraction of sp³-hybridized carbons (Fsp3) is 0.533. The number of rotatable bonds is 1. The molecule has 0 saturated heterocycles. The number of ketones is 1. The molecule has 2 aliphatic rings. The summed E-state index contributed by atoms with van der Waals surface area (Å²) in [4.78, 5) is 36.7. The van der Waals surface area contributed by atoms with Crippen LogP contribution in [-0.2, 0) is 4.79 Å². The van der Waals surface area contributed by atoms with E-state index in [9.17, 15) is 14.4 Å². The molecule has 0 bridgehead atoms. The van der Waals surface area contributed by atoms with Crippen LogP contribution in [0.15, 0.2) is 27.3 Å². The van der Waals surface area contributed by atoms with E-state index >= 15 is 0 Å². The summed E-state index contributed by atoms with van der Waals surface area (Å²) in [5, 5.41) is 0. The van der Waals surface area contributed by atoms with E-state index < -0.39 is 0 Å². The van der Waals surface area contributed by atoms with Gasteiger partial charge in [0.15, 0.2) is 5.78 Å². The van der Waals surface area contributed by atoms with Crippen LogP contribution in [0.5, 0.6) is 0 Å². The number of nitrogens with zero attached hydrogens (tertiary/aromatic N) is 2. The van der Waals surface area contributed by atoms with Gasteiger partial charge in [0.2, 0.25) is 0 Å². The van der Waals surface area contributed by atoms with Gasteiger partial charge in [0.05, 0.1) is 11.7 Å². The van der Waals surface area contributed by atoms with Gasteiger partial charge in [-0.1, -0.05) is 20.8 Å². The SMILES string of the molecule is CCC1C2=C(CC(C)(C)CC2=O)n2c(=O)ccc(=O)n21. The first-order chi connectivity index (χ1) is 9.35. The van der Waals surface area contributed by atoms with Crippen molar-refractivity contribution in [1.29, 1.82) is 0 Å². The summed E-state index contributed by atoms with van der Waals surface area (Å²) in [6.07, 6.45) is 1.75. The third-order valence-corrected chi connectivity index (χ3v) is 4.19. The van der Waals surface area contributed by atoms with Gasteiger partial charge in [-0.3, -0.25) is 14.4 Å². The molecule has 0 fully saturated rings. The Bertz CT molecular complexity index is 749. The summed E-state index contributed by atoms with van der Waals surface area (Å²) in [5.41, 5.74) is 0.752. The average Bonchev–Trinajstić information content (AvgIpc) is 2.68. The molecule has 1 aromatic rings. The highest BCUT2D eigenvalue weighted by Gasteiger charge is 2.42. The number of carbonyl (C=O) groups excluding carboxylic acids is 1. The second-order valence-electron chi connectivity index (χ2n) is 6.39. The summed E-state index contributed by atoms with van der Waals surface area (Å²) in [5.74, 6) is 0.0677. The average molecular weight is 274 g/mol. The lowest BCUT2D eigenvalue weighted by Crippen LogP contribution is -2.35. The molecule has 1 aliphatic heterocycles. The van der Waals surface area contributed by atoms with E-state index in [1.807, 2.05) is 20.8 Å². The summed E-state index contributed by atoms with van der Waals surface area (Å²) >= 11 is 0. The third-order valence-electron chi connectivity index (χ3n) is 4.19. The quantitative estimate of drug-likeness (QED) is 0.781. The normalized spacial score (nSPS) is 23.8. The molecule has 0 amide bonds. The highest BCUT2D eigenvalue weighted by Crippen LogP contribution is 2.45. The van der Waals surface area contributed by atoms with Gasteiger partial charge in [-0.15, -0.1) is 0 Å². The van der Waals surface area contributed by atoms with Crippen LogP contribution < -0.4 is 11.1 Å². The van der Waals surface area contributed by atoms with Gasteiger partial charge in [-0.25, -0.2) is 9.36 Å². The highest BCUT2D eigenvalue weighted by molar-refractivity contribution is 6.03. The van der Waals surface area contributed by atoms with Crippen molar-refractivity contribution in [2.45, 2.75) is 46.1 Å². The third kappa shape index (κ3) is 1.65. The molecule has 106 valence electrons. The minimum Gasteiger partial charge on any atom is -0.294 e. The van der Waals surface area contributed by atoms with Crippen molar-refractivity contribution in [2.75, 3.05) is 0 Å². The molecular formula is C15H18N2O3. The van der Waals surface area contributed by atoms with Gasteiger partial charge in [0.25, 0.3) is 11.1 Å². The summed E-state index contributed by atoms with van der Waals surface area (Å²) in [6, 6.07) is 2.28. The van der Waals surface area contributed by atoms with Crippen LogP contribution in [0.2, 0.25) is 0 Å². The molecule has 0 spiro atoms. The second-order valence-corrected chi connectivity index (χ2v) is 6.39. The zero-order valence-electron chi connectivity index (χ0n) is 12.0. The summed E-state index contributed by atoms with van der Waals surface area (Å²) in [7, 11) is 0. The minimum atomic E-state index is -0.296. The van der Waals surface area contributed by atoms with Crippen LogP contribution in [0.4, 0.5) is 0 Å². The van der Waals surface area contributed by atoms with Crippen molar-refractivity contribution in [1.82, 2.24) is 9.36 Å². The number of hydrogen-bond donors (Lipinski definition) is 0. The smallest absolute Gasteiger partial charge is 0.269 e. The van der Waals surface area contributed by atoms with Gasteiger partial charge in [0, 0.05) is 24.1 Å². The Morgan fingerprint density at radius 2 is 1.80 bits per heavy atom. The fourth-order valence-electron chi connectivity index (χ4n) is 3.42. The van der Waals surface area contributed by atoms with Gasteiger partial charge in [0.1, 0.15) is 0 Å². The number of Topliss-reactive ketones (excluding diaryl/α,β-unsaturated/α-hetero) is 1. The van der Waals surface area contributed by atoms with Gasteiger partial charge in [-0.2, -0.15) is 0 Å². The Kier molecular flexibility index (Phi) is 2.64. The van der Waals surface area contributed by atoms with Crippen molar-refractivity contribution < 1.29 is 4.79 Å². The largest absolute Gasteiger partial charge is 0.294 e. The number of carbonyl (C=O) groups is 1. The fourth-order valence-corrected chi connectivity index (χ4v) is 3.42. The molecule has 1 atom stereocenters. The molecule has 2 heterocycles. The van der Waals surface area contributed by atoms with Gasteiger partial charge < -0.3 is 0 Å². The van der Waals surface area contributed by atoms with Crippen molar-refractivity contribution in [3.63, 3.8) is 0 Å². The maximum Gasteiger partial charge on any atom is 0.269 e. The van der Waals surface area contributed by atoms with Crippen molar-refractivity contribution in [3.05, 3.63) is 38.4 Å². The lowest BCUT2D eigenvalue weighted by Gasteiger charge is -2.29. The topological polar surface area (TPSA) is 61.1 Å². The monoisotopic (exact) mass is 274 g/mol. The molecule has 1 aliphatic carbocycles. The zero-order valence-corrected chi connectivity index (χ0v) is 12.0. The molecule has 0 aromatic carbocycles. The Hall–Kier alpha value is -1.91. The van der Waals surface area contributed by atoms with Crippen LogP contribution in [0.1, 0.15) is 46.1 Å². The number of hydrogen-bond acceptors (Lipinski definition) is 3. The first-order valence-corrected chi connectivity index (χ1v) is 6.97. The maximum atomic E-state index is 12.5. The lowest BCUT2D eigenvalue weighted by atomic mass is 9.74. The Balaban J connectivity index is 2.34. The van der Waals surface area contributed by atoms with Crippen LogP contribution in [0, 0.1) is 5.41 Å². The first-order valence-electron chi connectivity index (χ1n) is 6.97. The number of fused-ring (bicyclic) bond motifs is 2. The number of aromatic nitrogens is 2. The molecule has 20 heavy (non-hydrogen) atoms. The molecule has 0 saturated carbocycles. The van der Waals surface area contributed by atoms with Crippen LogP contribution in [0.3, 0.4) is 0 Å². The van der Waals surface area contributed by atoms with Crippen LogP contribution >= 0.6 is 0 Å². The zero-order chi connectivity index (χ0) is 14.7. The van der Waals surface area contributed by atoms with E-state index in [4.69, 9.17) is 0 Å². The maximum absolute atomic E-state index is 12.5. The second kappa shape index (κ2) is 4.04. The number of allylic oxidation sites excluding steroid dienone is 2. The Labute approximate surface area is 116 Å². The predicted molar refractivity (Wildman–Crippen MR) is 75.5 cm³/mol. The molecule has 5 nitrogen and oxygen atoms in total. The molecule has 0 N–H and O–H groups in total. The van der Waals surface area contributed by atoms with E-state index in [2.05, 4.69) is 0 Å².